The highest BCUT2D eigenvalue weighted by atomic mass is 19.3. The van der Waals surface area contributed by atoms with Crippen LogP contribution < -0.4 is 30.2 Å². The van der Waals surface area contributed by atoms with Crippen LogP contribution >= 0.6 is 0 Å². The molecule has 0 aromatic heterocycles. The van der Waals surface area contributed by atoms with Crippen LogP contribution in [0.5, 0.6) is 17.2 Å². The van der Waals surface area contributed by atoms with Gasteiger partial charge in [-0.2, -0.15) is 8.78 Å². The van der Waals surface area contributed by atoms with Crippen LogP contribution in [0.2, 0.25) is 0 Å². The third kappa shape index (κ3) is 6.75. The molecule has 8 nitrogen and oxygen atoms in total. The first-order valence-corrected chi connectivity index (χ1v) is 9.19. The molecule has 1 aromatic carbocycles. The van der Waals surface area contributed by atoms with Crippen molar-refractivity contribution < 1.29 is 27.8 Å². The van der Waals surface area contributed by atoms with Crippen molar-refractivity contribution in [2.45, 2.75) is 39.8 Å². The summed E-state index contributed by atoms with van der Waals surface area (Å²) in [5, 5.41) is 8.88. The number of benzene rings is 1. The highest BCUT2D eigenvalue weighted by Gasteiger charge is 2.20. The van der Waals surface area contributed by atoms with Crippen molar-refractivity contribution in [1.82, 2.24) is 16.0 Å². The van der Waals surface area contributed by atoms with Crippen LogP contribution in [0.1, 0.15) is 32.3 Å². The predicted octanol–water partition coefficient (Wildman–Crippen LogP) is 1.99. The number of amides is 1. The predicted molar refractivity (Wildman–Crippen MR) is 99.9 cm³/mol. The van der Waals surface area contributed by atoms with Gasteiger partial charge < -0.3 is 30.2 Å². The second-order valence-corrected chi connectivity index (χ2v) is 5.91. The Kier molecular flexibility index (Phi) is 8.57. The lowest BCUT2D eigenvalue weighted by atomic mass is 10.1. The van der Waals surface area contributed by atoms with Gasteiger partial charge in [-0.3, -0.25) is 4.79 Å². The molecule has 0 aliphatic carbocycles. The van der Waals surface area contributed by atoms with E-state index >= 15 is 0 Å². The number of hydrogen-bond acceptors (Lipinski definition) is 5. The van der Waals surface area contributed by atoms with Gasteiger partial charge in [-0.1, -0.05) is 6.92 Å². The highest BCUT2D eigenvalue weighted by Crippen LogP contribution is 2.38. The Balaban J connectivity index is 2.02. The number of fused-ring (bicyclic) bond motifs is 1. The molecule has 1 heterocycles. The van der Waals surface area contributed by atoms with Crippen molar-refractivity contribution in [3.8, 4) is 17.2 Å². The van der Waals surface area contributed by atoms with Crippen molar-refractivity contribution in [2.75, 3.05) is 26.4 Å². The molecule has 2 rings (SSSR count). The number of guanidine groups is 1. The molecular weight excluding hydrogens is 374 g/mol. The van der Waals surface area contributed by atoms with E-state index in [0.717, 1.165) is 6.42 Å². The maximum Gasteiger partial charge on any atom is 0.387 e. The summed E-state index contributed by atoms with van der Waals surface area (Å²) < 4.78 is 40.5. The van der Waals surface area contributed by atoms with Crippen LogP contribution in [-0.2, 0) is 11.3 Å². The maximum absolute atomic E-state index is 12.7. The maximum atomic E-state index is 12.7. The minimum Gasteiger partial charge on any atom is -0.454 e. The summed E-state index contributed by atoms with van der Waals surface area (Å²) in [7, 11) is 0. The van der Waals surface area contributed by atoms with Gasteiger partial charge in [0.25, 0.3) is 0 Å². The lowest BCUT2D eigenvalue weighted by molar-refractivity contribution is -0.120. The van der Waals surface area contributed by atoms with E-state index in [2.05, 4.69) is 25.7 Å². The molecule has 3 N–H and O–H groups in total. The number of rotatable bonds is 10. The molecule has 0 radical (unpaired) electrons. The number of nitrogens with one attached hydrogen (secondary N) is 3. The molecule has 156 valence electrons. The van der Waals surface area contributed by atoms with E-state index in [1.165, 1.54) is 6.07 Å². The van der Waals surface area contributed by atoms with Gasteiger partial charge in [0.1, 0.15) is 5.75 Å². The van der Waals surface area contributed by atoms with E-state index in [9.17, 15) is 13.6 Å². The van der Waals surface area contributed by atoms with Gasteiger partial charge in [0, 0.05) is 37.7 Å². The summed E-state index contributed by atoms with van der Waals surface area (Å²) in [6, 6.07) is 2.95. The van der Waals surface area contributed by atoms with E-state index < -0.39 is 6.61 Å². The fourth-order valence-corrected chi connectivity index (χ4v) is 2.45. The first-order valence-electron chi connectivity index (χ1n) is 9.19. The van der Waals surface area contributed by atoms with Crippen LogP contribution in [0, 0.1) is 0 Å². The minimum absolute atomic E-state index is 0.0159. The Labute approximate surface area is 162 Å². The smallest absolute Gasteiger partial charge is 0.387 e. The molecule has 0 bridgehead atoms. The van der Waals surface area contributed by atoms with Gasteiger partial charge in [-0.05, 0) is 19.4 Å². The van der Waals surface area contributed by atoms with Gasteiger partial charge in [-0.15, -0.1) is 0 Å². The normalized spacial score (nSPS) is 12.8. The topological polar surface area (TPSA) is 93.2 Å². The molecule has 1 aliphatic heterocycles. The van der Waals surface area contributed by atoms with Crippen LogP contribution in [0.25, 0.3) is 0 Å². The number of ether oxygens (including phenoxy) is 3. The summed E-state index contributed by atoms with van der Waals surface area (Å²) in [4.78, 5) is 16.0. The van der Waals surface area contributed by atoms with Gasteiger partial charge in [0.05, 0.1) is 6.54 Å². The number of alkyl halides is 2. The van der Waals surface area contributed by atoms with Crippen LogP contribution in [0.3, 0.4) is 0 Å². The van der Waals surface area contributed by atoms with Crippen molar-refractivity contribution in [1.29, 1.82) is 0 Å². The largest absolute Gasteiger partial charge is 0.454 e. The molecule has 0 saturated heterocycles. The molecule has 28 heavy (non-hydrogen) atoms. The Morgan fingerprint density at radius 3 is 2.61 bits per heavy atom. The fraction of sp³-hybridized carbons (Fsp3) is 0.556. The number of carbonyl (C=O) groups excluding carboxylic acids is 1. The Morgan fingerprint density at radius 1 is 1.18 bits per heavy atom. The van der Waals surface area contributed by atoms with E-state index in [1.807, 2.05) is 13.8 Å². The first-order chi connectivity index (χ1) is 13.5. The number of halogens is 2. The standard InChI is InChI=1S/C18H26F2N4O4/c1-3-6-22-16(25)5-7-23-18(21-4-2)24-10-12-8-14-15(27-11-26-14)9-13(12)28-17(19)20/h8-9,17H,3-7,10-11H2,1-2H3,(H,22,25)(H2,21,23,24). The van der Waals surface area contributed by atoms with Crippen LogP contribution in [0.15, 0.2) is 17.1 Å². The molecular formula is C18H26F2N4O4. The monoisotopic (exact) mass is 400 g/mol. The zero-order chi connectivity index (χ0) is 20.4. The number of carbonyl (C=O) groups is 1. The van der Waals surface area contributed by atoms with Crippen molar-refractivity contribution >= 4 is 11.9 Å². The van der Waals surface area contributed by atoms with E-state index in [1.54, 1.807) is 6.07 Å². The zero-order valence-corrected chi connectivity index (χ0v) is 16.0. The third-order valence-corrected chi connectivity index (χ3v) is 3.74. The van der Waals surface area contributed by atoms with Gasteiger partial charge in [0.15, 0.2) is 17.5 Å². The van der Waals surface area contributed by atoms with Gasteiger partial charge in [0.2, 0.25) is 12.7 Å². The molecule has 0 unspecified atom stereocenters. The molecule has 0 fully saturated rings. The molecule has 0 spiro atoms. The Morgan fingerprint density at radius 2 is 1.93 bits per heavy atom. The van der Waals surface area contributed by atoms with Crippen LogP contribution in [0.4, 0.5) is 8.78 Å². The van der Waals surface area contributed by atoms with Gasteiger partial charge in [-0.25, -0.2) is 4.99 Å². The molecule has 10 heteroatoms. The van der Waals surface area contributed by atoms with E-state index in [4.69, 9.17) is 9.47 Å². The minimum atomic E-state index is -2.96. The summed E-state index contributed by atoms with van der Waals surface area (Å²) >= 11 is 0. The molecule has 1 aliphatic rings. The quantitative estimate of drug-likeness (QED) is 0.411. The molecule has 1 aromatic rings. The molecule has 0 atom stereocenters. The molecule has 0 saturated carbocycles. The van der Waals surface area contributed by atoms with Crippen molar-refractivity contribution in [3.05, 3.63) is 17.7 Å². The summed E-state index contributed by atoms with van der Waals surface area (Å²) in [6.07, 6.45) is 1.18. The molecule has 1 amide bonds. The average molecular weight is 400 g/mol. The first kappa shape index (κ1) is 21.5. The second kappa shape index (κ2) is 11.2. The SMILES string of the molecule is CCCNC(=O)CCNC(=NCc1cc2c(cc1OC(F)F)OCO2)NCC. The summed E-state index contributed by atoms with van der Waals surface area (Å²) in [5.41, 5.74) is 0.433. The Hall–Kier alpha value is -2.78. The number of nitrogens with zero attached hydrogens (tertiary/aromatic N) is 1. The van der Waals surface area contributed by atoms with Crippen molar-refractivity contribution in [3.63, 3.8) is 0 Å². The second-order valence-electron chi connectivity index (χ2n) is 5.91. The lowest BCUT2D eigenvalue weighted by Crippen LogP contribution is -2.39. The highest BCUT2D eigenvalue weighted by molar-refractivity contribution is 5.81. The van der Waals surface area contributed by atoms with Gasteiger partial charge >= 0.3 is 6.61 Å². The fourth-order valence-electron chi connectivity index (χ4n) is 2.45. The van der Waals surface area contributed by atoms with Crippen molar-refractivity contribution in [2.24, 2.45) is 4.99 Å². The van der Waals surface area contributed by atoms with E-state index in [0.29, 0.717) is 49.1 Å². The summed E-state index contributed by atoms with van der Waals surface area (Å²) in [5.74, 6) is 1.21. The Bertz CT molecular complexity index is 686. The summed E-state index contributed by atoms with van der Waals surface area (Å²) in [6.45, 7) is 2.67. The van der Waals surface area contributed by atoms with Crippen LogP contribution in [-0.4, -0.2) is 44.9 Å². The zero-order valence-electron chi connectivity index (χ0n) is 16.0. The number of aliphatic imine (C=N–C) groups is 1. The average Bonchev–Trinajstić information content (AvgIpc) is 3.11. The lowest BCUT2D eigenvalue weighted by Gasteiger charge is -2.13. The third-order valence-electron chi connectivity index (χ3n) is 3.74. The van der Waals surface area contributed by atoms with E-state index in [-0.39, 0.29) is 25.0 Å². The number of hydrogen-bond donors (Lipinski definition) is 3.